The molecule has 0 radical (unpaired) electrons. The van der Waals surface area contributed by atoms with Crippen LogP contribution >= 0.6 is 0 Å². The van der Waals surface area contributed by atoms with E-state index in [1.165, 1.54) is 30.3 Å². The molecule has 0 bridgehead atoms. The number of nitrogens with zero attached hydrogens (tertiary/aromatic N) is 2. The van der Waals surface area contributed by atoms with Crippen LogP contribution in [0.25, 0.3) is 10.9 Å². The molecule has 27 heavy (non-hydrogen) atoms. The summed E-state index contributed by atoms with van der Waals surface area (Å²) in [7, 11) is -1.28. The van der Waals surface area contributed by atoms with Crippen molar-refractivity contribution >= 4 is 24.2 Å². The summed E-state index contributed by atoms with van der Waals surface area (Å²) in [5.41, 5.74) is 6.20. The van der Waals surface area contributed by atoms with Crippen LogP contribution in [-0.4, -0.2) is 24.1 Å². The molecule has 0 saturated heterocycles. The van der Waals surface area contributed by atoms with Gasteiger partial charge in [0.15, 0.2) is 0 Å². The molecule has 0 unspecified atom stereocenters. The molecule has 3 aromatic rings. The Labute approximate surface area is 163 Å². The van der Waals surface area contributed by atoms with Crippen LogP contribution in [0.3, 0.4) is 0 Å². The molecule has 3 heteroatoms. The molecule has 1 atom stereocenters. The molecule has 0 spiro atoms. The van der Waals surface area contributed by atoms with Gasteiger partial charge in [-0.3, -0.25) is 4.90 Å². The van der Waals surface area contributed by atoms with Gasteiger partial charge in [-0.2, -0.15) is 0 Å². The Balaban J connectivity index is 1.59. The number of benzene rings is 2. The fourth-order valence-corrected chi connectivity index (χ4v) is 6.31. The van der Waals surface area contributed by atoms with Crippen LogP contribution in [0.4, 0.5) is 0 Å². The lowest BCUT2D eigenvalue weighted by molar-refractivity contribution is 0.133. The first-order chi connectivity index (χ1) is 13.0. The van der Waals surface area contributed by atoms with Crippen molar-refractivity contribution in [2.24, 2.45) is 0 Å². The summed E-state index contributed by atoms with van der Waals surface area (Å²) >= 11 is 0. The molecule has 1 aliphatic heterocycles. The summed E-state index contributed by atoms with van der Waals surface area (Å²) < 4.78 is 2.66. The average Bonchev–Trinajstić information content (AvgIpc) is 2.99. The second-order valence-corrected chi connectivity index (χ2v) is 14.4. The summed E-state index contributed by atoms with van der Waals surface area (Å²) in [4.78, 5) is 2.73. The van der Waals surface area contributed by atoms with Crippen molar-refractivity contribution in [2.75, 3.05) is 6.54 Å². The molecule has 0 amide bonds. The highest BCUT2D eigenvalue weighted by Crippen LogP contribution is 2.42. The fourth-order valence-electron chi connectivity index (χ4n) is 5.15. The molecule has 0 fully saturated rings. The van der Waals surface area contributed by atoms with E-state index < -0.39 is 8.07 Å². The highest BCUT2D eigenvalue weighted by atomic mass is 28.3. The minimum Gasteiger partial charge on any atom is -0.342 e. The molecule has 0 saturated carbocycles. The monoisotopic (exact) mass is 374 g/mol. The standard InChI is InChI=1S/C24H30N2Si/c1-27(2,3)19-12-13-22-21(16-19)20-10-7-11-23-24(20)26(22)15-14-25(23)17-18-8-5-4-6-9-18/h4-6,8-9,12-13,16,23H,7,10-11,14-15,17H2,1-3H3/t23-/m1/s1. The third-order valence-corrected chi connectivity index (χ3v) is 8.62. The SMILES string of the molecule is C[Si](C)(C)c1ccc2c(c1)c1c3n2CCN(Cc2ccccc2)[C@@H]3CCC1. The van der Waals surface area contributed by atoms with Crippen molar-refractivity contribution in [2.45, 2.75) is 58.0 Å². The molecule has 1 aliphatic carbocycles. The largest absolute Gasteiger partial charge is 0.342 e. The first-order valence-electron chi connectivity index (χ1n) is 10.5. The lowest BCUT2D eigenvalue weighted by Gasteiger charge is -2.40. The number of rotatable bonds is 3. The fraction of sp³-hybridized carbons (Fsp3) is 0.417. The van der Waals surface area contributed by atoms with Crippen molar-refractivity contribution in [3.05, 3.63) is 65.4 Å². The molecule has 2 aliphatic rings. The summed E-state index contributed by atoms with van der Waals surface area (Å²) in [5.74, 6) is 0. The van der Waals surface area contributed by atoms with Crippen LogP contribution in [0.15, 0.2) is 48.5 Å². The van der Waals surface area contributed by atoms with Crippen molar-refractivity contribution in [3.8, 4) is 0 Å². The van der Waals surface area contributed by atoms with Gasteiger partial charge in [0, 0.05) is 36.2 Å². The number of fused-ring (bicyclic) bond motifs is 3. The Morgan fingerprint density at radius 2 is 1.81 bits per heavy atom. The molecular weight excluding hydrogens is 344 g/mol. The van der Waals surface area contributed by atoms with Gasteiger partial charge in [0.2, 0.25) is 0 Å². The van der Waals surface area contributed by atoms with Gasteiger partial charge in [0.25, 0.3) is 0 Å². The smallest absolute Gasteiger partial charge is 0.0776 e. The van der Waals surface area contributed by atoms with Gasteiger partial charge in [-0.1, -0.05) is 67.3 Å². The van der Waals surface area contributed by atoms with Gasteiger partial charge in [0.1, 0.15) is 0 Å². The van der Waals surface area contributed by atoms with Crippen molar-refractivity contribution in [1.82, 2.24) is 9.47 Å². The van der Waals surface area contributed by atoms with E-state index in [-0.39, 0.29) is 0 Å². The molecule has 2 heterocycles. The predicted octanol–water partition coefficient (Wildman–Crippen LogP) is 5.08. The van der Waals surface area contributed by atoms with Gasteiger partial charge in [-0.05, 0) is 36.5 Å². The van der Waals surface area contributed by atoms with Gasteiger partial charge in [0.05, 0.1) is 14.1 Å². The highest BCUT2D eigenvalue weighted by molar-refractivity contribution is 6.88. The van der Waals surface area contributed by atoms with Gasteiger partial charge >= 0.3 is 0 Å². The van der Waals surface area contributed by atoms with Crippen LogP contribution in [0.2, 0.25) is 19.6 Å². The van der Waals surface area contributed by atoms with Crippen LogP contribution < -0.4 is 5.19 Å². The van der Waals surface area contributed by atoms with Crippen LogP contribution in [-0.2, 0) is 19.5 Å². The molecular formula is C24H30N2Si. The molecule has 2 aromatic carbocycles. The van der Waals surface area contributed by atoms with E-state index in [1.807, 2.05) is 0 Å². The van der Waals surface area contributed by atoms with E-state index in [1.54, 1.807) is 21.8 Å². The third kappa shape index (κ3) is 2.88. The predicted molar refractivity (Wildman–Crippen MR) is 117 cm³/mol. The lowest BCUT2D eigenvalue weighted by Crippen LogP contribution is -2.39. The second-order valence-electron chi connectivity index (χ2n) is 9.36. The molecule has 0 N–H and O–H groups in total. The van der Waals surface area contributed by atoms with E-state index in [9.17, 15) is 0 Å². The summed E-state index contributed by atoms with van der Waals surface area (Å²) in [6.07, 6.45) is 3.87. The molecule has 140 valence electrons. The maximum atomic E-state index is 2.73. The summed E-state index contributed by atoms with van der Waals surface area (Å²) in [6, 6.07) is 19.0. The Morgan fingerprint density at radius 3 is 2.59 bits per heavy atom. The average molecular weight is 375 g/mol. The topological polar surface area (TPSA) is 8.17 Å². The van der Waals surface area contributed by atoms with Crippen molar-refractivity contribution in [1.29, 1.82) is 0 Å². The molecule has 5 rings (SSSR count). The molecule has 2 nitrogen and oxygen atoms in total. The van der Waals surface area contributed by atoms with Gasteiger partial charge in [-0.15, -0.1) is 0 Å². The maximum Gasteiger partial charge on any atom is 0.0776 e. The zero-order valence-electron chi connectivity index (χ0n) is 16.8. The Bertz CT molecular complexity index is 981. The zero-order valence-corrected chi connectivity index (χ0v) is 17.8. The Kier molecular flexibility index (Phi) is 4.06. The normalized spacial score (nSPS) is 20.0. The van der Waals surface area contributed by atoms with E-state index >= 15 is 0 Å². The number of aromatic nitrogens is 1. The molecule has 1 aromatic heterocycles. The summed E-state index contributed by atoms with van der Waals surface area (Å²) in [5, 5.41) is 3.15. The van der Waals surface area contributed by atoms with Crippen LogP contribution in [0.1, 0.15) is 35.7 Å². The van der Waals surface area contributed by atoms with E-state index in [0.29, 0.717) is 6.04 Å². The number of hydrogen-bond donors (Lipinski definition) is 0. The van der Waals surface area contributed by atoms with E-state index in [0.717, 1.165) is 19.6 Å². The van der Waals surface area contributed by atoms with Crippen molar-refractivity contribution in [3.63, 3.8) is 0 Å². The highest BCUT2D eigenvalue weighted by Gasteiger charge is 2.35. The first kappa shape index (κ1) is 17.3. The quantitative estimate of drug-likeness (QED) is 0.580. The van der Waals surface area contributed by atoms with Gasteiger partial charge < -0.3 is 4.57 Å². The van der Waals surface area contributed by atoms with Gasteiger partial charge in [-0.25, -0.2) is 0 Å². The second kappa shape index (κ2) is 6.35. The number of aryl methyl sites for hydroxylation is 1. The third-order valence-electron chi connectivity index (χ3n) is 6.58. The van der Waals surface area contributed by atoms with Crippen LogP contribution in [0, 0.1) is 0 Å². The van der Waals surface area contributed by atoms with E-state index in [4.69, 9.17) is 0 Å². The first-order valence-corrected chi connectivity index (χ1v) is 14.0. The zero-order chi connectivity index (χ0) is 18.6. The maximum absolute atomic E-state index is 2.73. The Hall–Kier alpha value is -1.84. The minimum atomic E-state index is -1.28. The summed E-state index contributed by atoms with van der Waals surface area (Å²) in [6.45, 7) is 10.7. The van der Waals surface area contributed by atoms with Crippen LogP contribution in [0.5, 0.6) is 0 Å². The lowest BCUT2D eigenvalue weighted by atomic mass is 9.89. The van der Waals surface area contributed by atoms with Crippen molar-refractivity contribution < 1.29 is 0 Å². The Morgan fingerprint density at radius 1 is 1.00 bits per heavy atom. The number of hydrogen-bond acceptors (Lipinski definition) is 1. The minimum absolute atomic E-state index is 0.588. The van der Waals surface area contributed by atoms with E-state index in [2.05, 4.69) is 77.6 Å².